The second-order valence-electron chi connectivity index (χ2n) is 4.98. The molecule has 0 atom stereocenters. The molecule has 0 fully saturated rings. The molecule has 126 valence electrons. The maximum absolute atomic E-state index is 13.1. The van der Waals surface area contributed by atoms with E-state index in [0.29, 0.717) is 21.3 Å². The maximum Gasteiger partial charge on any atom is 0.350 e. The molecule has 0 aliphatic rings. The smallest absolute Gasteiger partial charge is 0.350 e. The second-order valence-corrected chi connectivity index (χ2v) is 5.98. The predicted octanol–water partition coefficient (Wildman–Crippen LogP) is 4.18. The van der Waals surface area contributed by atoms with E-state index in [2.05, 4.69) is 15.5 Å². The van der Waals surface area contributed by atoms with Gasteiger partial charge in [-0.05, 0) is 17.7 Å². The molecule has 3 aromatic rings. The monoisotopic (exact) mass is 355 g/mol. The Morgan fingerprint density at radius 1 is 1.24 bits per heavy atom. The molecule has 0 bridgehead atoms. The Bertz CT molecular complexity index is 910. The van der Waals surface area contributed by atoms with Gasteiger partial charge in [-0.15, -0.1) is 0 Å². The molecule has 0 amide bonds. The van der Waals surface area contributed by atoms with Crippen LogP contribution in [0.25, 0.3) is 11.3 Å². The third kappa shape index (κ3) is 4.07. The van der Waals surface area contributed by atoms with Crippen molar-refractivity contribution in [3.63, 3.8) is 0 Å². The van der Waals surface area contributed by atoms with Crippen LogP contribution in [0.4, 0.5) is 9.52 Å². The van der Waals surface area contributed by atoms with Gasteiger partial charge in [-0.3, -0.25) is 5.43 Å². The number of hydrogen-bond donors (Lipinski definition) is 1. The molecule has 0 radical (unpaired) electrons. The molecule has 1 aromatic heterocycles. The summed E-state index contributed by atoms with van der Waals surface area (Å²) in [6.07, 6.45) is 1.48. The molecule has 0 saturated carbocycles. The SMILES string of the molecule is COC(=O)c1sc(N/N=C\c2cccc(F)c2)nc1-c1ccccc1. The van der Waals surface area contributed by atoms with Gasteiger partial charge in [0.1, 0.15) is 10.7 Å². The van der Waals surface area contributed by atoms with Crippen molar-refractivity contribution in [3.8, 4) is 11.3 Å². The number of aromatic nitrogens is 1. The third-order valence-electron chi connectivity index (χ3n) is 3.27. The summed E-state index contributed by atoms with van der Waals surface area (Å²) >= 11 is 1.14. The van der Waals surface area contributed by atoms with Gasteiger partial charge in [-0.25, -0.2) is 14.2 Å². The molecule has 1 heterocycles. The molecular weight excluding hydrogens is 341 g/mol. The number of rotatable bonds is 5. The van der Waals surface area contributed by atoms with Gasteiger partial charge in [0.05, 0.1) is 19.0 Å². The van der Waals surface area contributed by atoms with Crippen LogP contribution in [0, 0.1) is 5.82 Å². The zero-order valence-corrected chi connectivity index (χ0v) is 14.1. The number of benzene rings is 2. The third-order valence-corrected chi connectivity index (χ3v) is 4.21. The molecule has 5 nitrogen and oxygen atoms in total. The number of anilines is 1. The van der Waals surface area contributed by atoms with Gasteiger partial charge in [0.15, 0.2) is 0 Å². The summed E-state index contributed by atoms with van der Waals surface area (Å²) in [6, 6.07) is 15.4. The van der Waals surface area contributed by atoms with Crippen molar-refractivity contribution in [1.29, 1.82) is 0 Å². The Labute approximate surface area is 147 Å². The van der Waals surface area contributed by atoms with Gasteiger partial charge in [-0.2, -0.15) is 5.10 Å². The van der Waals surface area contributed by atoms with E-state index in [1.165, 1.54) is 25.5 Å². The zero-order chi connectivity index (χ0) is 17.6. The quantitative estimate of drug-likeness (QED) is 0.424. The largest absolute Gasteiger partial charge is 0.465 e. The first-order chi connectivity index (χ1) is 12.2. The number of hydrogen-bond acceptors (Lipinski definition) is 6. The van der Waals surface area contributed by atoms with Crippen molar-refractivity contribution in [1.82, 2.24) is 4.98 Å². The average Bonchev–Trinajstić information content (AvgIpc) is 3.06. The summed E-state index contributed by atoms with van der Waals surface area (Å²) in [5.74, 6) is -0.795. The van der Waals surface area contributed by atoms with Crippen LogP contribution in [-0.4, -0.2) is 24.3 Å². The van der Waals surface area contributed by atoms with Crippen LogP contribution in [0.15, 0.2) is 59.7 Å². The fourth-order valence-corrected chi connectivity index (χ4v) is 3.00. The molecule has 7 heteroatoms. The first-order valence-electron chi connectivity index (χ1n) is 7.36. The highest BCUT2D eigenvalue weighted by Crippen LogP contribution is 2.31. The van der Waals surface area contributed by atoms with E-state index in [1.807, 2.05) is 30.3 Å². The summed E-state index contributed by atoms with van der Waals surface area (Å²) in [6.45, 7) is 0. The number of carbonyl (C=O) groups is 1. The molecule has 0 unspecified atom stereocenters. The van der Waals surface area contributed by atoms with E-state index in [0.717, 1.165) is 16.9 Å². The molecule has 0 aliphatic heterocycles. The number of methoxy groups -OCH3 is 1. The molecule has 2 aromatic carbocycles. The van der Waals surface area contributed by atoms with Crippen LogP contribution in [0.1, 0.15) is 15.2 Å². The minimum absolute atomic E-state index is 0.336. The first-order valence-corrected chi connectivity index (χ1v) is 8.18. The highest BCUT2D eigenvalue weighted by molar-refractivity contribution is 7.17. The van der Waals surface area contributed by atoms with Gasteiger partial charge >= 0.3 is 5.97 Å². The number of ether oxygens (including phenoxy) is 1. The van der Waals surface area contributed by atoms with Gasteiger partial charge in [-0.1, -0.05) is 53.8 Å². The molecule has 0 spiro atoms. The maximum atomic E-state index is 13.1. The highest BCUT2D eigenvalue weighted by Gasteiger charge is 2.19. The molecule has 25 heavy (non-hydrogen) atoms. The molecule has 0 saturated heterocycles. The highest BCUT2D eigenvalue weighted by atomic mass is 32.1. The molecule has 3 rings (SSSR count). The van der Waals surface area contributed by atoms with E-state index in [-0.39, 0.29) is 5.82 Å². The minimum Gasteiger partial charge on any atom is -0.465 e. The van der Waals surface area contributed by atoms with Crippen LogP contribution >= 0.6 is 11.3 Å². The van der Waals surface area contributed by atoms with E-state index in [4.69, 9.17) is 4.74 Å². The number of thiazole rings is 1. The summed E-state index contributed by atoms with van der Waals surface area (Å²) in [5.41, 5.74) is 4.72. The van der Waals surface area contributed by atoms with Crippen molar-refractivity contribution < 1.29 is 13.9 Å². The van der Waals surface area contributed by atoms with Crippen molar-refractivity contribution in [2.45, 2.75) is 0 Å². The lowest BCUT2D eigenvalue weighted by molar-refractivity contribution is 0.0607. The Kier molecular flexibility index (Phi) is 5.15. The van der Waals surface area contributed by atoms with Crippen LogP contribution in [0.5, 0.6) is 0 Å². The van der Waals surface area contributed by atoms with Gasteiger partial charge in [0, 0.05) is 5.56 Å². The number of halogens is 1. The van der Waals surface area contributed by atoms with Crippen LogP contribution in [0.2, 0.25) is 0 Å². The Morgan fingerprint density at radius 2 is 2.04 bits per heavy atom. The van der Waals surface area contributed by atoms with Gasteiger partial charge in [0.25, 0.3) is 0 Å². The summed E-state index contributed by atoms with van der Waals surface area (Å²) in [4.78, 5) is 16.8. The van der Waals surface area contributed by atoms with Gasteiger partial charge < -0.3 is 4.74 Å². The standard InChI is InChI=1S/C18H14FN3O2S/c1-24-17(23)16-15(13-7-3-2-4-8-13)21-18(25-16)22-20-11-12-6-5-9-14(19)10-12/h2-11H,1H3,(H,21,22)/b20-11-. The fraction of sp³-hybridized carbons (Fsp3) is 0.0556. The van der Waals surface area contributed by atoms with Crippen LogP contribution in [0.3, 0.4) is 0 Å². The number of hydrazone groups is 1. The lowest BCUT2D eigenvalue weighted by atomic mass is 10.1. The molecular formula is C18H14FN3O2S. The number of nitrogens with one attached hydrogen (secondary N) is 1. The zero-order valence-electron chi connectivity index (χ0n) is 13.3. The van der Waals surface area contributed by atoms with Crippen molar-refractivity contribution in [2.75, 3.05) is 12.5 Å². The summed E-state index contributed by atoms with van der Waals surface area (Å²) in [5, 5.41) is 4.48. The van der Waals surface area contributed by atoms with Crippen molar-refractivity contribution >= 4 is 28.7 Å². The van der Waals surface area contributed by atoms with Crippen molar-refractivity contribution in [3.05, 3.63) is 70.9 Å². The number of nitrogens with zero attached hydrogens (tertiary/aromatic N) is 2. The lowest BCUT2D eigenvalue weighted by Crippen LogP contribution is -2.00. The number of esters is 1. The first kappa shape index (κ1) is 16.8. The van der Waals surface area contributed by atoms with Gasteiger partial charge in [0.2, 0.25) is 5.13 Å². The fourth-order valence-electron chi connectivity index (χ4n) is 2.14. The normalized spacial score (nSPS) is 10.8. The van der Waals surface area contributed by atoms with Crippen molar-refractivity contribution in [2.24, 2.45) is 5.10 Å². The second kappa shape index (κ2) is 7.67. The molecule has 0 aliphatic carbocycles. The molecule has 1 N–H and O–H groups in total. The van der Waals surface area contributed by atoms with E-state index < -0.39 is 5.97 Å². The summed E-state index contributed by atoms with van der Waals surface area (Å²) in [7, 11) is 1.33. The number of carbonyl (C=O) groups excluding carboxylic acids is 1. The van der Waals surface area contributed by atoms with E-state index >= 15 is 0 Å². The Balaban J connectivity index is 1.85. The van der Waals surface area contributed by atoms with E-state index in [9.17, 15) is 9.18 Å². The topological polar surface area (TPSA) is 63.6 Å². The minimum atomic E-state index is -0.460. The van der Waals surface area contributed by atoms with E-state index in [1.54, 1.807) is 12.1 Å². The van der Waals surface area contributed by atoms with Crippen LogP contribution in [-0.2, 0) is 4.74 Å². The Morgan fingerprint density at radius 3 is 2.76 bits per heavy atom. The average molecular weight is 355 g/mol. The lowest BCUT2D eigenvalue weighted by Gasteiger charge is -1.99. The van der Waals surface area contributed by atoms with Crippen LogP contribution < -0.4 is 5.43 Å². The summed E-state index contributed by atoms with van der Waals surface area (Å²) < 4.78 is 18.0. The Hall–Kier alpha value is -3.06. The predicted molar refractivity (Wildman–Crippen MR) is 96.5 cm³/mol.